The van der Waals surface area contributed by atoms with Gasteiger partial charge >= 0.3 is 0 Å². The summed E-state index contributed by atoms with van der Waals surface area (Å²) in [5, 5.41) is 3.45. The van der Waals surface area contributed by atoms with Crippen molar-refractivity contribution in [3.63, 3.8) is 0 Å². The van der Waals surface area contributed by atoms with Gasteiger partial charge in [-0.05, 0) is 75.4 Å². The molecule has 164 valence electrons. The molecule has 31 heavy (non-hydrogen) atoms. The van der Waals surface area contributed by atoms with E-state index in [1.54, 1.807) is 6.07 Å². The number of rotatable bonds is 4. The van der Waals surface area contributed by atoms with Gasteiger partial charge in [0.25, 0.3) is 0 Å². The van der Waals surface area contributed by atoms with Crippen molar-refractivity contribution >= 4 is 11.6 Å². The van der Waals surface area contributed by atoms with E-state index in [0.29, 0.717) is 11.5 Å². The maximum Gasteiger partial charge on any atom is 0.223 e. The normalized spacial score (nSPS) is 28.5. The first-order valence-electron chi connectivity index (χ1n) is 11.7. The fourth-order valence-corrected chi connectivity index (χ4v) is 5.81. The molecular formula is C26H32FN3O. The molecule has 4 nitrogen and oxygen atoms in total. The van der Waals surface area contributed by atoms with E-state index in [9.17, 15) is 9.18 Å². The summed E-state index contributed by atoms with van der Waals surface area (Å²) in [6, 6.07) is 15.0. The van der Waals surface area contributed by atoms with E-state index in [1.807, 2.05) is 24.3 Å². The average molecular weight is 422 g/mol. The van der Waals surface area contributed by atoms with Crippen molar-refractivity contribution in [2.75, 3.05) is 37.6 Å². The fourth-order valence-electron chi connectivity index (χ4n) is 5.81. The largest absolute Gasteiger partial charge is 0.371 e. The average Bonchev–Trinajstić information content (AvgIpc) is 2.80. The Morgan fingerprint density at radius 3 is 2.42 bits per heavy atom. The van der Waals surface area contributed by atoms with Crippen LogP contribution in [0.4, 0.5) is 10.1 Å². The van der Waals surface area contributed by atoms with E-state index >= 15 is 0 Å². The van der Waals surface area contributed by atoms with Gasteiger partial charge in [0.1, 0.15) is 5.82 Å². The minimum atomic E-state index is -0.198. The number of fused-ring (bicyclic) bond motifs is 3. The van der Waals surface area contributed by atoms with Gasteiger partial charge in [0.05, 0.1) is 5.54 Å². The lowest BCUT2D eigenvalue weighted by Crippen LogP contribution is -2.66. The van der Waals surface area contributed by atoms with Crippen LogP contribution in [0.5, 0.6) is 0 Å². The summed E-state index contributed by atoms with van der Waals surface area (Å²) in [6.07, 6.45) is 4.13. The third-order valence-electron chi connectivity index (χ3n) is 7.71. The van der Waals surface area contributed by atoms with Crippen molar-refractivity contribution in [3.8, 4) is 11.1 Å². The van der Waals surface area contributed by atoms with Crippen molar-refractivity contribution in [3.05, 3.63) is 54.3 Å². The molecule has 0 aliphatic carbocycles. The molecule has 2 aromatic rings. The van der Waals surface area contributed by atoms with Crippen LogP contribution in [0.25, 0.3) is 11.1 Å². The zero-order valence-corrected chi connectivity index (χ0v) is 18.3. The highest BCUT2D eigenvalue weighted by atomic mass is 19.1. The summed E-state index contributed by atoms with van der Waals surface area (Å²) in [7, 11) is 0. The van der Waals surface area contributed by atoms with Gasteiger partial charge in [-0.15, -0.1) is 0 Å². The molecule has 4 fully saturated rings. The number of amides is 1. The molecule has 1 atom stereocenters. The maximum absolute atomic E-state index is 14.2. The zero-order chi connectivity index (χ0) is 21.4. The summed E-state index contributed by atoms with van der Waals surface area (Å²) < 4.78 is 14.2. The lowest BCUT2D eigenvalue weighted by Gasteiger charge is -2.52. The second kappa shape index (κ2) is 8.27. The molecule has 4 heterocycles. The van der Waals surface area contributed by atoms with Crippen LogP contribution in [0, 0.1) is 17.7 Å². The van der Waals surface area contributed by atoms with E-state index in [0.717, 1.165) is 43.7 Å². The monoisotopic (exact) mass is 421 g/mol. The number of carbonyl (C=O) groups excluding carboxylic acids is 1. The molecule has 5 heteroatoms. The van der Waals surface area contributed by atoms with Crippen LogP contribution in [-0.2, 0) is 4.79 Å². The highest BCUT2D eigenvalue weighted by Gasteiger charge is 2.45. The lowest BCUT2D eigenvalue weighted by atomic mass is 9.73. The maximum atomic E-state index is 14.2. The number of carbonyl (C=O) groups is 1. The Kier molecular flexibility index (Phi) is 5.47. The first kappa shape index (κ1) is 20.5. The van der Waals surface area contributed by atoms with Crippen LogP contribution in [0.2, 0.25) is 0 Å². The topological polar surface area (TPSA) is 35.6 Å². The third kappa shape index (κ3) is 4.08. The molecule has 1 unspecified atom stereocenters. The molecule has 0 radical (unpaired) electrons. The van der Waals surface area contributed by atoms with Crippen LogP contribution < -0.4 is 10.2 Å². The van der Waals surface area contributed by atoms with Crippen molar-refractivity contribution < 1.29 is 9.18 Å². The summed E-state index contributed by atoms with van der Waals surface area (Å²) in [4.78, 5) is 17.9. The third-order valence-corrected chi connectivity index (χ3v) is 7.71. The molecule has 2 bridgehead atoms. The van der Waals surface area contributed by atoms with E-state index < -0.39 is 0 Å². The number of benzene rings is 2. The van der Waals surface area contributed by atoms with Gasteiger partial charge in [-0.3, -0.25) is 4.79 Å². The Hall–Kier alpha value is -2.40. The Morgan fingerprint density at radius 1 is 1.00 bits per heavy atom. The summed E-state index contributed by atoms with van der Waals surface area (Å²) >= 11 is 0. The zero-order valence-electron chi connectivity index (χ0n) is 18.3. The van der Waals surface area contributed by atoms with Crippen molar-refractivity contribution in [2.45, 2.75) is 38.1 Å². The number of nitrogens with one attached hydrogen (secondary N) is 1. The smallest absolute Gasteiger partial charge is 0.223 e. The predicted molar refractivity (Wildman–Crippen MR) is 122 cm³/mol. The van der Waals surface area contributed by atoms with Gasteiger partial charge in [-0.1, -0.05) is 30.3 Å². The number of anilines is 1. The summed E-state index contributed by atoms with van der Waals surface area (Å²) in [5.41, 5.74) is 2.55. The predicted octanol–water partition coefficient (Wildman–Crippen LogP) is 4.31. The fraction of sp³-hybridized carbons (Fsp3) is 0.500. The highest BCUT2D eigenvalue weighted by molar-refractivity contribution is 5.80. The second-order valence-corrected chi connectivity index (χ2v) is 9.75. The summed E-state index contributed by atoms with van der Waals surface area (Å²) in [5.74, 6) is 0.730. The highest BCUT2D eigenvalue weighted by Crippen LogP contribution is 2.36. The Labute approximate surface area is 184 Å². The molecule has 0 saturated carbocycles. The SMILES string of the molecule is CC1(NC(=O)C2CCN(c3cccc(-c4ccccc4F)c3)CC2)CN2CCC1CC2. The van der Waals surface area contributed by atoms with Crippen molar-refractivity contribution in [2.24, 2.45) is 11.8 Å². The van der Waals surface area contributed by atoms with Crippen molar-refractivity contribution in [1.82, 2.24) is 10.2 Å². The standard InChI is InChI=1S/C26H32FN3O/c1-26(18-29-13-11-21(26)12-14-29)28-25(31)19-9-15-30(16-10-19)22-6-4-5-20(17-22)23-7-2-3-8-24(23)27/h2-8,17,19,21H,9-16,18H2,1H3,(H,28,31). The van der Waals surface area contributed by atoms with Gasteiger partial charge in [0.15, 0.2) is 0 Å². The van der Waals surface area contributed by atoms with Gasteiger partial charge in [-0.2, -0.15) is 0 Å². The number of piperidine rings is 4. The summed E-state index contributed by atoms with van der Waals surface area (Å²) in [6.45, 7) is 7.30. The molecule has 1 N–H and O–H groups in total. The van der Waals surface area contributed by atoms with Gasteiger partial charge in [-0.25, -0.2) is 4.39 Å². The number of hydrogen-bond donors (Lipinski definition) is 1. The van der Waals surface area contributed by atoms with Gasteiger partial charge in [0, 0.05) is 36.8 Å². The van der Waals surface area contributed by atoms with E-state index in [1.165, 1.54) is 32.0 Å². The molecule has 1 amide bonds. The Bertz CT molecular complexity index is 947. The first-order valence-corrected chi connectivity index (χ1v) is 11.7. The number of halogens is 1. The van der Waals surface area contributed by atoms with Crippen molar-refractivity contribution in [1.29, 1.82) is 0 Å². The van der Waals surface area contributed by atoms with E-state index in [2.05, 4.69) is 34.2 Å². The van der Waals surface area contributed by atoms with Crippen LogP contribution in [0.3, 0.4) is 0 Å². The first-order chi connectivity index (χ1) is 15.0. The van der Waals surface area contributed by atoms with Crippen LogP contribution >= 0.6 is 0 Å². The quantitative estimate of drug-likeness (QED) is 0.799. The Morgan fingerprint density at radius 2 is 1.74 bits per heavy atom. The second-order valence-electron chi connectivity index (χ2n) is 9.75. The molecular weight excluding hydrogens is 389 g/mol. The Balaban J connectivity index is 1.21. The van der Waals surface area contributed by atoms with Crippen LogP contribution in [-0.4, -0.2) is 49.1 Å². The molecule has 0 spiro atoms. The van der Waals surface area contributed by atoms with E-state index in [-0.39, 0.29) is 23.2 Å². The molecule has 4 aliphatic rings. The number of hydrogen-bond acceptors (Lipinski definition) is 3. The van der Waals surface area contributed by atoms with Gasteiger partial charge in [0.2, 0.25) is 5.91 Å². The minimum absolute atomic E-state index is 0.0706. The molecule has 4 aliphatic heterocycles. The van der Waals surface area contributed by atoms with Crippen LogP contribution in [0.1, 0.15) is 32.6 Å². The van der Waals surface area contributed by atoms with Crippen LogP contribution in [0.15, 0.2) is 48.5 Å². The molecule has 2 aromatic carbocycles. The molecule has 4 saturated heterocycles. The van der Waals surface area contributed by atoms with Gasteiger partial charge < -0.3 is 15.1 Å². The number of nitrogens with zero attached hydrogens (tertiary/aromatic N) is 2. The minimum Gasteiger partial charge on any atom is -0.371 e. The lowest BCUT2D eigenvalue weighted by molar-refractivity contribution is -0.130. The molecule has 6 rings (SSSR count). The molecule has 0 aromatic heterocycles. The van der Waals surface area contributed by atoms with E-state index in [4.69, 9.17) is 0 Å².